The Bertz CT molecular complexity index is 1570. The van der Waals surface area contributed by atoms with Crippen molar-refractivity contribution in [1.82, 2.24) is 51.8 Å². The molecule has 0 radical (unpaired) electrons. The van der Waals surface area contributed by atoms with Crippen LogP contribution in [-0.4, -0.2) is 138 Å². The first-order valence-electron chi connectivity index (χ1n) is 18.3. The molecule has 0 aliphatic rings. The lowest BCUT2D eigenvalue weighted by Crippen LogP contribution is -2.62. The first-order chi connectivity index (χ1) is 26.5. The molecule has 0 bridgehead atoms. The summed E-state index contributed by atoms with van der Waals surface area (Å²) in [6.07, 6.45) is 5.38. The number of carboxylic acid groups (broad SMARTS) is 1. The molecule has 312 valence electrons. The van der Waals surface area contributed by atoms with Crippen LogP contribution in [0.4, 0.5) is 0 Å². The Morgan fingerprint density at radius 3 is 1.77 bits per heavy atom. The van der Waals surface area contributed by atoms with Gasteiger partial charge in [-0.15, -0.1) is 0 Å². The Balaban J connectivity index is 2.12. The normalized spacial score (nSPS) is 16.0. The van der Waals surface area contributed by atoms with Crippen LogP contribution in [-0.2, 0) is 46.4 Å². The number of unbranched alkanes of at least 4 members (excludes halogenated alkanes) is 1. The molecule has 22 nitrogen and oxygen atoms in total. The SMILES string of the molecule is CC[C@H](C)[C@H](NC(=O)[C@H](C)NC(=O)[C@H](CO)NC(=O)[C@@H](N)Cc1cnc[nH]1)C(=O)N[C@H](C(=O)N[C@@H](CCCCN)C(=O)N[C@@H](Cc1cnc[nH]1)C(=O)O)[C@@H](C)O. The lowest BCUT2D eigenvalue weighted by molar-refractivity contribution is -0.142. The number of nitrogens with two attached hydrogens (primary N) is 2. The van der Waals surface area contributed by atoms with Gasteiger partial charge in [-0.05, 0) is 45.6 Å². The van der Waals surface area contributed by atoms with Crippen LogP contribution in [0.5, 0.6) is 0 Å². The van der Waals surface area contributed by atoms with Crippen molar-refractivity contribution in [1.29, 1.82) is 0 Å². The van der Waals surface area contributed by atoms with Crippen molar-refractivity contribution in [3.8, 4) is 0 Å². The quantitative estimate of drug-likeness (QED) is 0.0424. The Morgan fingerprint density at radius 1 is 0.714 bits per heavy atom. The summed E-state index contributed by atoms with van der Waals surface area (Å²) in [5, 5.41) is 44.7. The van der Waals surface area contributed by atoms with Crippen LogP contribution in [0, 0.1) is 5.92 Å². The maximum absolute atomic E-state index is 13.6. The fraction of sp³-hybridized carbons (Fsp3) is 0.618. The molecule has 0 aromatic carbocycles. The number of nitrogens with one attached hydrogen (secondary N) is 8. The van der Waals surface area contributed by atoms with E-state index in [4.69, 9.17) is 11.5 Å². The fourth-order valence-corrected chi connectivity index (χ4v) is 5.32. The molecule has 2 heterocycles. The highest BCUT2D eigenvalue weighted by atomic mass is 16.4. The van der Waals surface area contributed by atoms with Crippen LogP contribution in [0.25, 0.3) is 0 Å². The number of aliphatic hydroxyl groups excluding tert-OH is 2. The van der Waals surface area contributed by atoms with Crippen molar-refractivity contribution < 1.29 is 48.9 Å². The highest BCUT2D eigenvalue weighted by Crippen LogP contribution is 2.11. The molecular formula is C34H56N12O10. The molecule has 0 unspecified atom stereocenters. The molecule has 15 N–H and O–H groups in total. The molecule has 0 fully saturated rings. The number of H-pyrrole nitrogens is 2. The van der Waals surface area contributed by atoms with E-state index in [0.717, 1.165) is 0 Å². The maximum Gasteiger partial charge on any atom is 0.326 e. The largest absolute Gasteiger partial charge is 0.480 e. The Hall–Kier alpha value is -5.45. The zero-order valence-corrected chi connectivity index (χ0v) is 31.9. The second kappa shape index (κ2) is 23.5. The average molecular weight is 793 g/mol. The van der Waals surface area contributed by atoms with Crippen molar-refractivity contribution in [3.05, 3.63) is 36.4 Å². The second-order valence-corrected chi connectivity index (χ2v) is 13.5. The van der Waals surface area contributed by atoms with E-state index in [0.29, 0.717) is 30.7 Å². The van der Waals surface area contributed by atoms with Gasteiger partial charge in [0, 0.05) is 36.6 Å². The predicted molar refractivity (Wildman–Crippen MR) is 199 cm³/mol. The summed E-state index contributed by atoms with van der Waals surface area (Å²) in [6.45, 7) is 5.41. The monoisotopic (exact) mass is 792 g/mol. The smallest absolute Gasteiger partial charge is 0.326 e. The third-order valence-corrected chi connectivity index (χ3v) is 8.93. The minimum absolute atomic E-state index is 0.0552. The molecule has 2 aromatic heterocycles. The van der Waals surface area contributed by atoms with E-state index >= 15 is 0 Å². The zero-order valence-electron chi connectivity index (χ0n) is 31.9. The molecule has 9 atom stereocenters. The second-order valence-electron chi connectivity index (χ2n) is 13.5. The van der Waals surface area contributed by atoms with Crippen molar-refractivity contribution in [2.45, 2.75) is 115 Å². The summed E-state index contributed by atoms with van der Waals surface area (Å²) < 4.78 is 0. The van der Waals surface area contributed by atoms with E-state index < -0.39 is 102 Å². The van der Waals surface area contributed by atoms with Gasteiger partial charge in [-0.25, -0.2) is 14.8 Å². The van der Waals surface area contributed by atoms with Crippen molar-refractivity contribution in [3.63, 3.8) is 0 Å². The molecule has 0 saturated heterocycles. The van der Waals surface area contributed by atoms with E-state index in [9.17, 15) is 48.9 Å². The lowest BCUT2D eigenvalue weighted by Gasteiger charge is -2.29. The first kappa shape index (κ1) is 46.7. The van der Waals surface area contributed by atoms with Gasteiger partial charge in [-0.1, -0.05) is 20.3 Å². The maximum atomic E-state index is 13.6. The number of carbonyl (C=O) groups is 7. The number of aromatic amines is 2. The zero-order chi connectivity index (χ0) is 41.9. The van der Waals surface area contributed by atoms with Crippen LogP contribution in [0.3, 0.4) is 0 Å². The molecule has 2 aromatic rings. The lowest BCUT2D eigenvalue weighted by atomic mass is 9.97. The standard InChI is InChI=1S/C34H56N12O10/c1-5-17(2)26(45-28(49)18(3)41-31(52)25(14-47)44-29(50)22(36)10-20-12-37-15-39-20)32(53)46-27(19(4)48)33(54)42-23(8-6-7-9-35)30(51)43-24(34(55)56)11-21-13-38-16-40-21/h12-13,15-19,22-27,47-48H,5-11,14,35-36H2,1-4H3,(H,37,39)(H,38,40)(H,41,52)(H,42,54)(H,43,51)(H,44,50)(H,45,49)(H,46,53)(H,55,56)/t17-,18-,19+,22-,23-,24-,25-,26-,27-/m0/s1. The molecule has 0 aliphatic carbocycles. The van der Waals surface area contributed by atoms with Gasteiger partial charge >= 0.3 is 5.97 Å². The fourth-order valence-electron chi connectivity index (χ4n) is 5.32. The molecular weight excluding hydrogens is 736 g/mol. The Morgan fingerprint density at radius 2 is 1.25 bits per heavy atom. The number of aliphatic hydroxyl groups is 2. The highest BCUT2D eigenvalue weighted by molar-refractivity contribution is 5.97. The van der Waals surface area contributed by atoms with E-state index in [2.05, 4.69) is 51.8 Å². The number of aromatic nitrogens is 4. The molecule has 22 heteroatoms. The number of carboxylic acids is 1. The van der Waals surface area contributed by atoms with E-state index in [1.54, 1.807) is 13.8 Å². The molecule has 6 amide bonds. The molecule has 56 heavy (non-hydrogen) atoms. The van der Waals surface area contributed by atoms with Gasteiger partial charge in [0.2, 0.25) is 35.4 Å². The summed E-state index contributed by atoms with van der Waals surface area (Å²) in [7, 11) is 0. The third kappa shape index (κ3) is 15.0. The van der Waals surface area contributed by atoms with Gasteiger partial charge in [0.25, 0.3) is 0 Å². The van der Waals surface area contributed by atoms with E-state index in [-0.39, 0.29) is 25.8 Å². The van der Waals surface area contributed by atoms with Crippen molar-refractivity contribution in [2.75, 3.05) is 13.2 Å². The van der Waals surface area contributed by atoms with Gasteiger partial charge in [0.15, 0.2) is 0 Å². The number of carbonyl (C=O) groups excluding carboxylic acids is 6. The number of hydrogen-bond acceptors (Lipinski definition) is 13. The number of rotatable bonds is 25. The summed E-state index contributed by atoms with van der Waals surface area (Å²) in [5.41, 5.74) is 12.5. The molecule has 0 saturated carbocycles. The van der Waals surface area contributed by atoms with Gasteiger partial charge in [-0.2, -0.15) is 0 Å². The summed E-state index contributed by atoms with van der Waals surface area (Å²) in [4.78, 5) is 104. The van der Waals surface area contributed by atoms with Crippen molar-refractivity contribution in [2.24, 2.45) is 17.4 Å². The van der Waals surface area contributed by atoms with Crippen molar-refractivity contribution >= 4 is 41.4 Å². The van der Waals surface area contributed by atoms with Crippen LogP contribution in [0.2, 0.25) is 0 Å². The first-order valence-corrected chi connectivity index (χ1v) is 18.3. The summed E-state index contributed by atoms with van der Waals surface area (Å²) in [5.74, 6) is -6.98. The van der Waals surface area contributed by atoms with Gasteiger partial charge in [0.1, 0.15) is 36.3 Å². The van der Waals surface area contributed by atoms with E-state index in [1.807, 2.05) is 0 Å². The number of imidazole rings is 2. The summed E-state index contributed by atoms with van der Waals surface area (Å²) >= 11 is 0. The van der Waals surface area contributed by atoms with E-state index in [1.165, 1.54) is 38.9 Å². The topological polar surface area (TPSA) is 362 Å². The molecule has 0 spiro atoms. The number of amides is 6. The van der Waals surface area contributed by atoms with Gasteiger partial charge < -0.3 is 68.7 Å². The number of aliphatic carboxylic acids is 1. The van der Waals surface area contributed by atoms with Gasteiger partial charge in [0.05, 0.1) is 31.4 Å². The predicted octanol–water partition coefficient (Wildman–Crippen LogP) is -4.19. The third-order valence-electron chi connectivity index (χ3n) is 8.93. The minimum atomic E-state index is -1.62. The highest BCUT2D eigenvalue weighted by Gasteiger charge is 2.36. The Kier molecular flexibility index (Phi) is 19.6. The Labute approximate surface area is 323 Å². The van der Waals surface area contributed by atoms with Crippen LogP contribution in [0.15, 0.2) is 25.0 Å². The molecule has 0 aliphatic heterocycles. The molecule has 2 rings (SSSR count). The van der Waals surface area contributed by atoms with Crippen LogP contribution < -0.4 is 43.4 Å². The number of nitrogens with zero attached hydrogens (tertiary/aromatic N) is 2. The number of hydrogen-bond donors (Lipinski definition) is 13. The van der Waals surface area contributed by atoms with Gasteiger partial charge in [-0.3, -0.25) is 28.8 Å². The average Bonchev–Trinajstić information content (AvgIpc) is 3.88. The van der Waals surface area contributed by atoms with Crippen LogP contribution in [0.1, 0.15) is 64.8 Å². The summed E-state index contributed by atoms with van der Waals surface area (Å²) in [6, 6.07) is -9.37. The van der Waals surface area contributed by atoms with Crippen LogP contribution >= 0.6 is 0 Å². The minimum Gasteiger partial charge on any atom is -0.480 e.